The SMILES string of the molecule is CC1(C)COc2ccc(C(=O)c3cc(N)cc(Br)c3)cc21. The molecule has 3 rings (SSSR count). The summed E-state index contributed by atoms with van der Waals surface area (Å²) < 4.78 is 6.46. The first-order valence-electron chi connectivity index (χ1n) is 6.75. The number of ether oxygens (including phenoxy) is 1. The van der Waals surface area contributed by atoms with Crippen molar-refractivity contribution in [2.24, 2.45) is 0 Å². The molecule has 1 aliphatic heterocycles. The van der Waals surface area contributed by atoms with E-state index in [-0.39, 0.29) is 11.2 Å². The van der Waals surface area contributed by atoms with Crippen molar-refractivity contribution in [1.29, 1.82) is 0 Å². The topological polar surface area (TPSA) is 52.3 Å². The first-order valence-corrected chi connectivity index (χ1v) is 7.54. The Morgan fingerprint density at radius 2 is 1.95 bits per heavy atom. The molecular formula is C17H16BrNO2. The third-order valence-electron chi connectivity index (χ3n) is 3.74. The zero-order valence-electron chi connectivity index (χ0n) is 11.9. The molecule has 0 aromatic heterocycles. The van der Waals surface area contributed by atoms with E-state index in [1.165, 1.54) is 0 Å². The Labute approximate surface area is 132 Å². The molecule has 2 aromatic rings. The van der Waals surface area contributed by atoms with Gasteiger partial charge in [-0.1, -0.05) is 29.8 Å². The molecule has 1 aliphatic rings. The highest BCUT2D eigenvalue weighted by Crippen LogP contribution is 2.39. The lowest BCUT2D eigenvalue weighted by Crippen LogP contribution is -2.18. The first kappa shape index (κ1) is 14.1. The van der Waals surface area contributed by atoms with Crippen molar-refractivity contribution in [3.05, 3.63) is 57.6 Å². The summed E-state index contributed by atoms with van der Waals surface area (Å²) >= 11 is 3.37. The zero-order chi connectivity index (χ0) is 15.2. The number of halogens is 1. The Balaban J connectivity index is 2.03. The van der Waals surface area contributed by atoms with Gasteiger partial charge in [0.1, 0.15) is 5.75 Å². The number of carbonyl (C=O) groups is 1. The van der Waals surface area contributed by atoms with Crippen LogP contribution in [0.25, 0.3) is 0 Å². The molecule has 4 heteroatoms. The number of anilines is 1. The van der Waals surface area contributed by atoms with E-state index < -0.39 is 0 Å². The fourth-order valence-corrected chi connectivity index (χ4v) is 3.08. The maximum absolute atomic E-state index is 12.6. The van der Waals surface area contributed by atoms with Gasteiger partial charge in [0.25, 0.3) is 0 Å². The van der Waals surface area contributed by atoms with E-state index in [0.717, 1.165) is 15.8 Å². The molecule has 0 aliphatic carbocycles. The maximum atomic E-state index is 12.6. The van der Waals surface area contributed by atoms with Crippen molar-refractivity contribution in [1.82, 2.24) is 0 Å². The van der Waals surface area contributed by atoms with Crippen molar-refractivity contribution in [2.45, 2.75) is 19.3 Å². The van der Waals surface area contributed by atoms with Gasteiger partial charge in [0.2, 0.25) is 0 Å². The Kier molecular flexibility index (Phi) is 3.29. The normalized spacial score (nSPS) is 15.4. The van der Waals surface area contributed by atoms with Gasteiger partial charge in [-0.3, -0.25) is 4.79 Å². The van der Waals surface area contributed by atoms with Crippen LogP contribution in [0.4, 0.5) is 5.69 Å². The molecular weight excluding hydrogens is 330 g/mol. The molecule has 21 heavy (non-hydrogen) atoms. The van der Waals surface area contributed by atoms with Crippen LogP contribution in [0.2, 0.25) is 0 Å². The van der Waals surface area contributed by atoms with E-state index in [9.17, 15) is 4.79 Å². The summed E-state index contributed by atoms with van der Waals surface area (Å²) in [6.07, 6.45) is 0. The average molecular weight is 346 g/mol. The van der Waals surface area contributed by atoms with Gasteiger partial charge in [0.05, 0.1) is 6.61 Å². The van der Waals surface area contributed by atoms with Crippen molar-refractivity contribution in [3.8, 4) is 5.75 Å². The quantitative estimate of drug-likeness (QED) is 0.662. The second-order valence-corrected chi connectivity index (χ2v) is 6.90. The Morgan fingerprint density at radius 1 is 1.19 bits per heavy atom. The number of nitrogens with two attached hydrogens (primary N) is 1. The molecule has 0 spiro atoms. The van der Waals surface area contributed by atoms with Crippen LogP contribution in [0.5, 0.6) is 5.75 Å². The number of carbonyl (C=O) groups excluding carboxylic acids is 1. The van der Waals surface area contributed by atoms with Crippen LogP contribution in [0, 0.1) is 0 Å². The second kappa shape index (κ2) is 4.88. The molecule has 2 N–H and O–H groups in total. The summed E-state index contributed by atoms with van der Waals surface area (Å²) in [5, 5.41) is 0. The minimum absolute atomic E-state index is 0.0338. The third kappa shape index (κ3) is 2.56. The summed E-state index contributed by atoms with van der Waals surface area (Å²) in [5.74, 6) is 0.832. The van der Waals surface area contributed by atoms with Crippen LogP contribution in [0.15, 0.2) is 40.9 Å². The molecule has 2 aromatic carbocycles. The van der Waals surface area contributed by atoms with E-state index in [4.69, 9.17) is 10.5 Å². The summed E-state index contributed by atoms with van der Waals surface area (Å²) in [6.45, 7) is 4.87. The molecule has 0 bridgehead atoms. The van der Waals surface area contributed by atoms with Crippen molar-refractivity contribution < 1.29 is 9.53 Å². The number of hydrogen-bond acceptors (Lipinski definition) is 3. The van der Waals surface area contributed by atoms with E-state index in [0.29, 0.717) is 23.4 Å². The fraction of sp³-hybridized carbons (Fsp3) is 0.235. The standard InChI is InChI=1S/C17H16BrNO2/c1-17(2)9-21-15-4-3-10(7-14(15)17)16(20)11-5-12(18)8-13(19)6-11/h3-8H,9,19H2,1-2H3. The molecule has 108 valence electrons. The summed E-state index contributed by atoms with van der Waals surface area (Å²) in [6, 6.07) is 10.9. The van der Waals surface area contributed by atoms with Crippen LogP contribution >= 0.6 is 15.9 Å². The van der Waals surface area contributed by atoms with E-state index in [2.05, 4.69) is 29.8 Å². The largest absolute Gasteiger partial charge is 0.492 e. The van der Waals surface area contributed by atoms with Gasteiger partial charge >= 0.3 is 0 Å². The number of ketones is 1. The molecule has 0 unspecified atom stereocenters. The van der Waals surface area contributed by atoms with Crippen LogP contribution in [-0.4, -0.2) is 12.4 Å². The number of nitrogen functional groups attached to an aromatic ring is 1. The summed E-state index contributed by atoms with van der Waals surface area (Å²) in [5.41, 5.74) is 8.63. The monoisotopic (exact) mass is 345 g/mol. The molecule has 0 atom stereocenters. The van der Waals surface area contributed by atoms with Crippen LogP contribution in [0.1, 0.15) is 35.3 Å². The Bertz CT molecular complexity index is 717. The molecule has 0 radical (unpaired) electrons. The average Bonchev–Trinajstić information content (AvgIpc) is 2.72. The van der Waals surface area contributed by atoms with E-state index in [1.54, 1.807) is 24.3 Å². The molecule has 0 amide bonds. The van der Waals surface area contributed by atoms with Crippen molar-refractivity contribution in [3.63, 3.8) is 0 Å². The smallest absolute Gasteiger partial charge is 0.193 e. The van der Waals surface area contributed by atoms with Gasteiger partial charge in [-0.15, -0.1) is 0 Å². The number of hydrogen-bond donors (Lipinski definition) is 1. The van der Waals surface area contributed by atoms with E-state index >= 15 is 0 Å². The molecule has 3 nitrogen and oxygen atoms in total. The summed E-state index contributed by atoms with van der Waals surface area (Å²) in [7, 11) is 0. The van der Waals surface area contributed by atoms with Crippen molar-refractivity contribution in [2.75, 3.05) is 12.3 Å². The van der Waals surface area contributed by atoms with Gasteiger partial charge in [0, 0.05) is 32.3 Å². The minimum Gasteiger partial charge on any atom is -0.492 e. The molecule has 0 saturated carbocycles. The lowest BCUT2D eigenvalue weighted by Gasteiger charge is -2.15. The molecule has 0 fully saturated rings. The Hall–Kier alpha value is -1.81. The number of rotatable bonds is 2. The molecule has 1 heterocycles. The van der Waals surface area contributed by atoms with Crippen LogP contribution in [-0.2, 0) is 5.41 Å². The highest BCUT2D eigenvalue weighted by Gasteiger charge is 2.32. The highest BCUT2D eigenvalue weighted by atomic mass is 79.9. The van der Waals surface area contributed by atoms with Crippen LogP contribution in [0.3, 0.4) is 0 Å². The minimum atomic E-state index is -0.0675. The van der Waals surface area contributed by atoms with Gasteiger partial charge in [-0.2, -0.15) is 0 Å². The van der Waals surface area contributed by atoms with E-state index in [1.807, 2.05) is 12.1 Å². The number of benzene rings is 2. The first-order chi connectivity index (χ1) is 9.87. The fourth-order valence-electron chi connectivity index (χ4n) is 2.57. The number of fused-ring (bicyclic) bond motifs is 1. The third-order valence-corrected chi connectivity index (χ3v) is 4.20. The lowest BCUT2D eigenvalue weighted by molar-refractivity contribution is 0.103. The lowest BCUT2D eigenvalue weighted by atomic mass is 9.85. The zero-order valence-corrected chi connectivity index (χ0v) is 13.5. The van der Waals surface area contributed by atoms with Gasteiger partial charge in [0.15, 0.2) is 5.78 Å². The molecule has 0 saturated heterocycles. The predicted molar refractivity (Wildman–Crippen MR) is 86.9 cm³/mol. The van der Waals surface area contributed by atoms with Crippen molar-refractivity contribution >= 4 is 27.4 Å². The maximum Gasteiger partial charge on any atom is 0.193 e. The Morgan fingerprint density at radius 3 is 2.67 bits per heavy atom. The highest BCUT2D eigenvalue weighted by molar-refractivity contribution is 9.10. The second-order valence-electron chi connectivity index (χ2n) is 5.99. The van der Waals surface area contributed by atoms with Gasteiger partial charge < -0.3 is 10.5 Å². The predicted octanol–water partition coefficient (Wildman–Crippen LogP) is 3.93. The summed E-state index contributed by atoms with van der Waals surface area (Å²) in [4.78, 5) is 12.6. The van der Waals surface area contributed by atoms with Gasteiger partial charge in [-0.05, 0) is 36.4 Å². The van der Waals surface area contributed by atoms with Gasteiger partial charge in [-0.25, -0.2) is 0 Å². The van der Waals surface area contributed by atoms with Crippen LogP contribution < -0.4 is 10.5 Å².